The van der Waals surface area contributed by atoms with Gasteiger partial charge >= 0.3 is 0 Å². The lowest BCUT2D eigenvalue weighted by atomic mass is 9.83. The maximum absolute atomic E-state index is 2.45. The first-order valence-electron chi connectivity index (χ1n) is 20.4. The molecule has 0 aromatic heterocycles. The van der Waals surface area contributed by atoms with Crippen molar-refractivity contribution in [2.45, 2.75) is 12.8 Å². The minimum Gasteiger partial charge on any atom is -0.344 e. The molecule has 0 heterocycles. The lowest BCUT2D eigenvalue weighted by Gasteiger charge is -2.30. The van der Waals surface area contributed by atoms with Gasteiger partial charge in [0.2, 0.25) is 0 Å². The summed E-state index contributed by atoms with van der Waals surface area (Å²) in [5.74, 6) is 0.591. The van der Waals surface area contributed by atoms with Crippen molar-refractivity contribution in [2.75, 3.05) is 16.8 Å². The Hall–Kier alpha value is -7.16. The molecule has 10 aromatic carbocycles. The van der Waals surface area contributed by atoms with Gasteiger partial charge in [0.25, 0.3) is 0 Å². The van der Waals surface area contributed by atoms with Crippen LogP contribution in [0.25, 0.3) is 65.0 Å². The molecule has 2 heteroatoms. The van der Waals surface area contributed by atoms with E-state index in [4.69, 9.17) is 0 Å². The number of nitrogens with zero attached hydrogens (tertiary/aromatic N) is 2. The van der Waals surface area contributed by atoms with Gasteiger partial charge in [-0.1, -0.05) is 171 Å². The Morgan fingerprint density at radius 1 is 0.414 bits per heavy atom. The van der Waals surface area contributed by atoms with E-state index in [2.05, 4.69) is 230 Å². The summed E-state index contributed by atoms with van der Waals surface area (Å²) in [6.07, 6.45) is 7.17. The van der Waals surface area contributed by atoms with E-state index in [1.807, 2.05) is 0 Å². The summed E-state index contributed by atoms with van der Waals surface area (Å²) in [5.41, 5.74) is 9.63. The lowest BCUT2D eigenvalue weighted by molar-refractivity contribution is 0.627. The molecular formula is C56H42N2. The SMILES string of the molecule is CC1C=C(N(C)c2ccc3c4cccc5cccc(c6cccc2c63)c54)C=CC1c1ccc(N(c2ccc(-c3ccccc3)cc2)c2cccc3ccccc23)cc1. The van der Waals surface area contributed by atoms with Gasteiger partial charge in [-0.25, -0.2) is 0 Å². The van der Waals surface area contributed by atoms with Gasteiger partial charge in [0.05, 0.1) is 5.69 Å². The summed E-state index contributed by atoms with van der Waals surface area (Å²) >= 11 is 0. The third kappa shape index (κ3) is 5.56. The molecule has 0 fully saturated rings. The second kappa shape index (κ2) is 13.8. The van der Waals surface area contributed by atoms with Crippen LogP contribution in [-0.2, 0) is 0 Å². The standard InChI is InChI=1S/C56H42N2/c1-37-36-45(57(2)53-35-34-51-49-20-9-17-42-16-8-19-48(55(42)49)50-21-11-22-52(53)56(50)51)32-33-46(37)41-26-30-44(31-27-41)58(54-23-10-15-40-14-6-7-18-47(40)54)43-28-24-39(25-29-43)38-12-4-3-5-13-38/h3-37,46H,1-2H3. The molecule has 0 radical (unpaired) electrons. The van der Waals surface area contributed by atoms with E-state index in [9.17, 15) is 0 Å². The molecule has 0 aliphatic heterocycles. The number of benzene rings is 10. The van der Waals surface area contributed by atoms with Crippen LogP contribution in [0.2, 0.25) is 0 Å². The van der Waals surface area contributed by atoms with Gasteiger partial charge in [-0.2, -0.15) is 0 Å². The second-order valence-electron chi connectivity index (χ2n) is 15.8. The molecule has 1 aliphatic rings. The molecule has 10 aromatic rings. The maximum atomic E-state index is 2.45. The highest BCUT2D eigenvalue weighted by Gasteiger charge is 2.23. The molecule has 276 valence electrons. The Labute approximate surface area is 339 Å². The van der Waals surface area contributed by atoms with Crippen molar-refractivity contribution in [2.24, 2.45) is 5.92 Å². The number of fused-ring (bicyclic) bond motifs is 3. The van der Waals surface area contributed by atoms with E-state index in [0.29, 0.717) is 5.92 Å². The fraction of sp³-hybridized carbons (Fsp3) is 0.0714. The van der Waals surface area contributed by atoms with Crippen LogP contribution in [0.1, 0.15) is 18.4 Å². The highest BCUT2D eigenvalue weighted by atomic mass is 15.1. The van der Waals surface area contributed by atoms with E-state index in [1.54, 1.807) is 0 Å². The first kappa shape index (κ1) is 34.1. The van der Waals surface area contributed by atoms with Crippen molar-refractivity contribution in [1.29, 1.82) is 0 Å². The minimum atomic E-state index is 0.274. The molecule has 0 bridgehead atoms. The van der Waals surface area contributed by atoms with E-state index in [0.717, 1.165) is 11.4 Å². The quantitative estimate of drug-likeness (QED) is 0.118. The molecule has 0 saturated heterocycles. The van der Waals surface area contributed by atoms with Crippen LogP contribution in [0, 0.1) is 5.92 Å². The van der Waals surface area contributed by atoms with Crippen molar-refractivity contribution in [3.63, 3.8) is 0 Å². The highest BCUT2D eigenvalue weighted by Crippen LogP contribution is 2.45. The Balaban J connectivity index is 0.914. The van der Waals surface area contributed by atoms with E-state index >= 15 is 0 Å². The largest absolute Gasteiger partial charge is 0.344 e. The Morgan fingerprint density at radius 3 is 1.71 bits per heavy atom. The van der Waals surface area contributed by atoms with E-state index < -0.39 is 0 Å². The predicted molar refractivity (Wildman–Crippen MR) is 249 cm³/mol. The third-order valence-electron chi connectivity index (χ3n) is 12.5. The van der Waals surface area contributed by atoms with E-state index in [1.165, 1.54) is 87.6 Å². The van der Waals surface area contributed by atoms with Crippen LogP contribution >= 0.6 is 0 Å². The highest BCUT2D eigenvalue weighted by molar-refractivity contribution is 6.34. The van der Waals surface area contributed by atoms with Crippen LogP contribution < -0.4 is 9.80 Å². The van der Waals surface area contributed by atoms with Crippen molar-refractivity contribution < 1.29 is 0 Å². The lowest BCUT2D eigenvalue weighted by Crippen LogP contribution is -2.20. The molecule has 11 rings (SSSR count). The monoisotopic (exact) mass is 742 g/mol. The fourth-order valence-corrected chi connectivity index (χ4v) is 9.62. The van der Waals surface area contributed by atoms with Crippen molar-refractivity contribution in [3.8, 4) is 11.1 Å². The Morgan fingerprint density at radius 2 is 0.966 bits per heavy atom. The Bertz CT molecular complexity index is 3140. The topological polar surface area (TPSA) is 6.48 Å². The Kier molecular flexibility index (Phi) is 8.11. The van der Waals surface area contributed by atoms with Crippen LogP contribution in [0.15, 0.2) is 212 Å². The molecule has 0 saturated carbocycles. The minimum absolute atomic E-state index is 0.274. The summed E-state index contributed by atoms with van der Waals surface area (Å²) in [5, 5.41) is 13.0. The summed E-state index contributed by atoms with van der Waals surface area (Å²) in [6, 6.07) is 68.9. The van der Waals surface area contributed by atoms with Gasteiger partial charge < -0.3 is 9.80 Å². The summed E-state index contributed by atoms with van der Waals surface area (Å²) in [4.78, 5) is 4.77. The molecular weight excluding hydrogens is 701 g/mol. The number of hydrogen-bond donors (Lipinski definition) is 0. The first-order chi connectivity index (χ1) is 28.6. The average molecular weight is 743 g/mol. The molecule has 1 aliphatic carbocycles. The zero-order chi connectivity index (χ0) is 38.7. The van der Waals surface area contributed by atoms with Gasteiger partial charge in [0.15, 0.2) is 0 Å². The van der Waals surface area contributed by atoms with Gasteiger partial charge in [0.1, 0.15) is 0 Å². The van der Waals surface area contributed by atoms with Crippen LogP contribution in [0.3, 0.4) is 0 Å². The second-order valence-corrected chi connectivity index (χ2v) is 15.8. The maximum Gasteiger partial charge on any atom is 0.0540 e. The van der Waals surface area contributed by atoms with Gasteiger partial charge in [-0.05, 0) is 108 Å². The average Bonchev–Trinajstić information content (AvgIpc) is 3.29. The van der Waals surface area contributed by atoms with Crippen molar-refractivity contribution in [1.82, 2.24) is 0 Å². The molecule has 0 N–H and O–H groups in total. The van der Waals surface area contributed by atoms with Gasteiger partial charge in [-0.3, -0.25) is 0 Å². The zero-order valence-electron chi connectivity index (χ0n) is 32.7. The number of allylic oxidation sites excluding steroid dienone is 3. The normalized spacial score (nSPS) is 15.4. The van der Waals surface area contributed by atoms with Crippen LogP contribution in [0.4, 0.5) is 22.7 Å². The number of anilines is 4. The van der Waals surface area contributed by atoms with Crippen molar-refractivity contribution >= 4 is 76.6 Å². The molecule has 0 spiro atoms. The van der Waals surface area contributed by atoms with Gasteiger partial charge in [-0.15, -0.1) is 0 Å². The molecule has 2 nitrogen and oxygen atoms in total. The number of rotatable bonds is 7. The summed E-state index contributed by atoms with van der Waals surface area (Å²) in [7, 11) is 2.22. The van der Waals surface area contributed by atoms with Crippen molar-refractivity contribution in [3.05, 3.63) is 218 Å². The fourth-order valence-electron chi connectivity index (χ4n) is 9.62. The number of hydrogen-bond acceptors (Lipinski definition) is 2. The number of likely N-dealkylation sites (N-methyl/N-ethyl adjacent to an activating group) is 1. The third-order valence-corrected chi connectivity index (χ3v) is 12.5. The van der Waals surface area contributed by atoms with Crippen LogP contribution in [-0.4, -0.2) is 7.05 Å². The van der Waals surface area contributed by atoms with Crippen LogP contribution in [0.5, 0.6) is 0 Å². The zero-order valence-corrected chi connectivity index (χ0v) is 32.7. The summed E-state index contributed by atoms with van der Waals surface area (Å²) < 4.78 is 0. The molecule has 2 unspecified atom stereocenters. The molecule has 58 heavy (non-hydrogen) atoms. The molecule has 2 atom stereocenters. The smallest absolute Gasteiger partial charge is 0.0540 e. The van der Waals surface area contributed by atoms with E-state index in [-0.39, 0.29) is 5.92 Å². The molecule has 0 amide bonds. The summed E-state index contributed by atoms with van der Waals surface area (Å²) in [6.45, 7) is 2.35. The first-order valence-corrected chi connectivity index (χ1v) is 20.4. The predicted octanol–water partition coefficient (Wildman–Crippen LogP) is 15.3. The van der Waals surface area contributed by atoms with Gasteiger partial charge in [0, 0.05) is 46.5 Å².